The number of carbonyl (C=O) groups excluding carboxylic acids is 1. The molecule has 2 aliphatic rings. The van der Waals surface area contributed by atoms with E-state index in [2.05, 4.69) is 17.2 Å². The fourth-order valence-corrected chi connectivity index (χ4v) is 3.58. The summed E-state index contributed by atoms with van der Waals surface area (Å²) < 4.78 is 5.22. The van der Waals surface area contributed by atoms with Crippen LogP contribution in [0, 0.1) is 5.92 Å². The molecular weight excluding hydrogens is 300 g/mol. The van der Waals surface area contributed by atoms with Gasteiger partial charge >= 0.3 is 0 Å². The van der Waals surface area contributed by atoms with Crippen LogP contribution in [0.1, 0.15) is 57.8 Å². The third-order valence-corrected chi connectivity index (χ3v) is 5.02. The second-order valence-corrected chi connectivity index (χ2v) is 6.90. The molecule has 1 heterocycles. The second kappa shape index (κ2) is 10.2. The van der Waals surface area contributed by atoms with Gasteiger partial charge in [-0.15, -0.1) is 0 Å². The van der Waals surface area contributed by atoms with E-state index in [9.17, 15) is 4.79 Å². The summed E-state index contributed by atoms with van der Waals surface area (Å²) in [5, 5.41) is 6.18. The number of hydrogen-bond acceptors (Lipinski definition) is 3. The molecule has 4 nitrogen and oxygen atoms in total. The van der Waals surface area contributed by atoms with E-state index in [4.69, 9.17) is 4.74 Å². The van der Waals surface area contributed by atoms with Crippen molar-refractivity contribution in [3.8, 4) is 0 Å². The Hall–Kier alpha value is -1.71. The van der Waals surface area contributed by atoms with Gasteiger partial charge in [-0.3, -0.25) is 4.79 Å². The molecule has 0 aromatic heterocycles. The van der Waals surface area contributed by atoms with E-state index >= 15 is 0 Å². The number of allylic oxidation sites excluding steroid dienone is 2. The zero-order chi connectivity index (χ0) is 17.2. The molecule has 1 aliphatic heterocycles. The minimum Gasteiger partial charge on any atom is -0.497 e. The lowest BCUT2D eigenvalue weighted by Gasteiger charge is -2.20. The highest BCUT2D eigenvalue weighted by Crippen LogP contribution is 2.29. The van der Waals surface area contributed by atoms with Gasteiger partial charge in [-0.2, -0.15) is 0 Å². The molecule has 24 heavy (non-hydrogen) atoms. The minimum absolute atomic E-state index is 0.0361. The van der Waals surface area contributed by atoms with Crippen LogP contribution in [-0.4, -0.2) is 25.6 Å². The minimum atomic E-state index is -0.203. The van der Waals surface area contributed by atoms with E-state index in [1.807, 2.05) is 18.2 Å². The summed E-state index contributed by atoms with van der Waals surface area (Å²) in [7, 11) is 1.62. The number of rotatable bonds is 7. The highest BCUT2D eigenvalue weighted by molar-refractivity contribution is 5.82. The van der Waals surface area contributed by atoms with E-state index in [1.54, 1.807) is 7.11 Å². The summed E-state index contributed by atoms with van der Waals surface area (Å²) in [6.45, 7) is 4.46. The molecule has 1 aliphatic carbocycles. The number of ether oxygens (including phenoxy) is 1. The number of hydrogen-bond donors (Lipinski definition) is 2. The maximum atomic E-state index is 12.3. The van der Waals surface area contributed by atoms with Crippen LogP contribution in [0.5, 0.6) is 0 Å². The largest absolute Gasteiger partial charge is 0.497 e. The number of methoxy groups -OCH3 is 1. The van der Waals surface area contributed by atoms with E-state index in [-0.39, 0.29) is 11.9 Å². The summed E-state index contributed by atoms with van der Waals surface area (Å²) >= 11 is 0. The zero-order valence-electron chi connectivity index (χ0n) is 15.0. The fourth-order valence-electron chi connectivity index (χ4n) is 3.58. The van der Waals surface area contributed by atoms with Crippen molar-refractivity contribution in [1.29, 1.82) is 0 Å². The first-order valence-corrected chi connectivity index (χ1v) is 9.34. The molecule has 1 saturated carbocycles. The van der Waals surface area contributed by atoms with Crippen molar-refractivity contribution in [2.75, 3.05) is 13.7 Å². The van der Waals surface area contributed by atoms with Gasteiger partial charge in [0.2, 0.25) is 5.91 Å². The Labute approximate surface area is 146 Å². The molecule has 1 unspecified atom stereocenters. The molecule has 1 fully saturated rings. The Balaban J connectivity index is 1.74. The molecule has 2 N–H and O–H groups in total. The number of amides is 1. The maximum Gasteiger partial charge on any atom is 0.242 e. The van der Waals surface area contributed by atoms with Gasteiger partial charge < -0.3 is 15.4 Å². The van der Waals surface area contributed by atoms with Gasteiger partial charge in [-0.05, 0) is 30.6 Å². The zero-order valence-corrected chi connectivity index (χ0v) is 15.0. The number of nitrogens with one attached hydrogen (secondary N) is 2. The second-order valence-electron chi connectivity index (χ2n) is 6.90. The smallest absolute Gasteiger partial charge is 0.242 e. The highest BCUT2D eigenvalue weighted by atomic mass is 16.5. The highest BCUT2D eigenvalue weighted by Gasteiger charge is 2.18. The van der Waals surface area contributed by atoms with Gasteiger partial charge in [-0.25, -0.2) is 0 Å². The predicted molar refractivity (Wildman–Crippen MR) is 98.3 cm³/mol. The summed E-state index contributed by atoms with van der Waals surface area (Å²) in [5.41, 5.74) is 0.742. The predicted octanol–water partition coefficient (Wildman–Crippen LogP) is 3.82. The van der Waals surface area contributed by atoms with E-state index in [0.717, 1.165) is 30.2 Å². The number of carbonyl (C=O) groups is 1. The van der Waals surface area contributed by atoms with Crippen LogP contribution in [0.3, 0.4) is 0 Å². The SMILES string of the molecule is C=C1/C=C\C(OC)=C/CNC(=O)C(CCCCCC2CCCC2)N1. The molecule has 1 amide bonds. The Kier molecular flexibility index (Phi) is 7.93. The molecule has 0 bridgehead atoms. The van der Waals surface area contributed by atoms with Crippen molar-refractivity contribution in [1.82, 2.24) is 10.6 Å². The first-order chi connectivity index (χ1) is 11.7. The van der Waals surface area contributed by atoms with Gasteiger partial charge in [0, 0.05) is 12.2 Å². The van der Waals surface area contributed by atoms with Crippen LogP contribution < -0.4 is 10.6 Å². The Bertz CT molecular complexity index is 476. The van der Waals surface area contributed by atoms with Crippen molar-refractivity contribution in [2.24, 2.45) is 5.92 Å². The third-order valence-electron chi connectivity index (χ3n) is 5.02. The van der Waals surface area contributed by atoms with Crippen LogP contribution in [0.15, 0.2) is 36.3 Å². The molecule has 0 saturated heterocycles. The molecular formula is C20H32N2O2. The summed E-state index contributed by atoms with van der Waals surface area (Å²) in [6, 6.07) is -0.203. The first-order valence-electron chi connectivity index (χ1n) is 9.34. The Morgan fingerprint density at radius 2 is 1.92 bits per heavy atom. The molecule has 0 spiro atoms. The van der Waals surface area contributed by atoms with E-state index < -0.39 is 0 Å². The van der Waals surface area contributed by atoms with Crippen molar-refractivity contribution < 1.29 is 9.53 Å². The lowest BCUT2D eigenvalue weighted by molar-refractivity contribution is -0.122. The summed E-state index contributed by atoms with van der Waals surface area (Å²) in [6.07, 6.45) is 17.1. The maximum absolute atomic E-state index is 12.3. The van der Waals surface area contributed by atoms with Gasteiger partial charge in [0.25, 0.3) is 0 Å². The Morgan fingerprint density at radius 3 is 2.67 bits per heavy atom. The quantitative estimate of drug-likeness (QED) is 0.697. The third kappa shape index (κ3) is 6.42. The van der Waals surface area contributed by atoms with Gasteiger partial charge in [0.1, 0.15) is 11.8 Å². The average Bonchev–Trinajstić information content (AvgIpc) is 3.09. The summed E-state index contributed by atoms with van der Waals surface area (Å²) in [5.74, 6) is 1.73. The van der Waals surface area contributed by atoms with E-state index in [1.165, 1.54) is 44.9 Å². The molecule has 0 radical (unpaired) electrons. The fraction of sp³-hybridized carbons (Fsp3) is 0.650. The summed E-state index contributed by atoms with van der Waals surface area (Å²) in [4.78, 5) is 12.3. The van der Waals surface area contributed by atoms with Crippen LogP contribution in [0.2, 0.25) is 0 Å². The van der Waals surface area contributed by atoms with Crippen LogP contribution in [-0.2, 0) is 9.53 Å². The number of unbranched alkanes of at least 4 members (excludes halogenated alkanes) is 2. The van der Waals surface area contributed by atoms with Crippen molar-refractivity contribution in [3.63, 3.8) is 0 Å². The van der Waals surface area contributed by atoms with Gasteiger partial charge in [0.15, 0.2) is 0 Å². The molecule has 2 rings (SSSR count). The molecule has 4 heteroatoms. The monoisotopic (exact) mass is 332 g/mol. The Morgan fingerprint density at radius 1 is 1.17 bits per heavy atom. The van der Waals surface area contributed by atoms with Crippen molar-refractivity contribution in [2.45, 2.75) is 63.8 Å². The lowest BCUT2D eigenvalue weighted by atomic mass is 9.98. The van der Waals surface area contributed by atoms with Crippen molar-refractivity contribution >= 4 is 5.91 Å². The average molecular weight is 332 g/mol. The topological polar surface area (TPSA) is 50.4 Å². The molecule has 1 atom stereocenters. The van der Waals surface area contributed by atoms with Crippen LogP contribution in [0.4, 0.5) is 0 Å². The van der Waals surface area contributed by atoms with Gasteiger partial charge in [-0.1, -0.05) is 57.9 Å². The standard InChI is InChI=1S/C20H32N2O2/c1-16-12-13-18(24-2)14-15-21-20(23)19(22-16)11-5-3-4-8-17-9-6-7-10-17/h12-14,17,19,22H,1,3-11,15H2,2H3,(H,21,23)/b13-12-,18-14+. The normalized spacial score (nSPS) is 26.2. The van der Waals surface area contributed by atoms with Gasteiger partial charge in [0.05, 0.1) is 7.11 Å². The first kappa shape index (κ1) is 18.6. The molecule has 0 aromatic carbocycles. The molecule has 0 aromatic rings. The lowest BCUT2D eigenvalue weighted by Crippen LogP contribution is -2.43. The van der Waals surface area contributed by atoms with E-state index in [0.29, 0.717) is 6.54 Å². The molecule has 134 valence electrons. The van der Waals surface area contributed by atoms with Crippen molar-refractivity contribution in [3.05, 3.63) is 36.3 Å². The van der Waals surface area contributed by atoms with Crippen LogP contribution >= 0.6 is 0 Å². The van der Waals surface area contributed by atoms with Crippen LogP contribution in [0.25, 0.3) is 0 Å².